The van der Waals surface area contributed by atoms with Crippen molar-refractivity contribution in [1.29, 1.82) is 0 Å². The van der Waals surface area contributed by atoms with Crippen molar-refractivity contribution in [3.8, 4) is 5.75 Å². The molecule has 0 radical (unpaired) electrons. The molecule has 0 spiro atoms. The van der Waals surface area contributed by atoms with Gasteiger partial charge in [-0.1, -0.05) is 37.5 Å². The maximum atomic E-state index is 12.3. The number of nitrogens with one attached hydrogen (secondary N) is 2. The lowest BCUT2D eigenvalue weighted by Crippen LogP contribution is -2.24. The third-order valence-corrected chi connectivity index (χ3v) is 4.66. The molecule has 1 amide bonds. The Morgan fingerprint density at radius 2 is 1.96 bits per heavy atom. The van der Waals surface area contributed by atoms with Gasteiger partial charge in [0.15, 0.2) is 0 Å². The van der Waals surface area contributed by atoms with Crippen LogP contribution in [0.2, 0.25) is 0 Å². The second-order valence-electron chi connectivity index (χ2n) is 6.42. The first-order valence-corrected chi connectivity index (χ1v) is 8.89. The van der Waals surface area contributed by atoms with Crippen molar-refractivity contribution in [1.82, 2.24) is 4.98 Å². The summed E-state index contributed by atoms with van der Waals surface area (Å²) >= 11 is 0. The highest BCUT2D eigenvalue weighted by atomic mass is 16.5. The molecule has 132 valence electrons. The molecule has 1 aliphatic rings. The standard InChI is InChI=1S/C20H25N3O2/c1-25-18-10-6-5-9-16(18)13-21-19-12-11-17(14-22-19)23-20(24)15-7-3-2-4-8-15/h5-6,9-12,14-15H,2-4,7-8,13H2,1H3,(H,21,22)(H,23,24). The maximum absolute atomic E-state index is 12.3. The summed E-state index contributed by atoms with van der Waals surface area (Å²) in [6, 6.07) is 11.7. The number of hydrogen-bond donors (Lipinski definition) is 2. The summed E-state index contributed by atoms with van der Waals surface area (Å²) < 4.78 is 5.35. The van der Waals surface area contributed by atoms with Crippen LogP contribution in [0.25, 0.3) is 0 Å². The SMILES string of the molecule is COc1ccccc1CNc1ccc(NC(=O)C2CCCCC2)cn1. The summed E-state index contributed by atoms with van der Waals surface area (Å²) in [6.07, 6.45) is 7.25. The number of anilines is 2. The van der Waals surface area contributed by atoms with Gasteiger partial charge in [-0.25, -0.2) is 4.98 Å². The van der Waals surface area contributed by atoms with E-state index >= 15 is 0 Å². The average molecular weight is 339 g/mol. The van der Waals surface area contributed by atoms with Gasteiger partial charge in [0.25, 0.3) is 0 Å². The molecule has 25 heavy (non-hydrogen) atoms. The monoisotopic (exact) mass is 339 g/mol. The molecule has 1 aromatic heterocycles. The maximum Gasteiger partial charge on any atom is 0.227 e. The van der Waals surface area contributed by atoms with Gasteiger partial charge < -0.3 is 15.4 Å². The minimum atomic E-state index is 0.122. The van der Waals surface area contributed by atoms with Crippen LogP contribution in [0.1, 0.15) is 37.7 Å². The molecule has 0 unspecified atom stereocenters. The summed E-state index contributed by atoms with van der Waals surface area (Å²) in [5.41, 5.74) is 1.82. The first-order valence-electron chi connectivity index (χ1n) is 8.89. The van der Waals surface area contributed by atoms with E-state index in [2.05, 4.69) is 15.6 Å². The second-order valence-corrected chi connectivity index (χ2v) is 6.42. The van der Waals surface area contributed by atoms with Crippen LogP contribution in [0, 0.1) is 5.92 Å². The number of carbonyl (C=O) groups excluding carboxylic acids is 1. The number of nitrogens with zero attached hydrogens (tertiary/aromatic N) is 1. The van der Waals surface area contributed by atoms with Crippen LogP contribution in [0.3, 0.4) is 0 Å². The molecule has 2 N–H and O–H groups in total. The fourth-order valence-electron chi connectivity index (χ4n) is 3.22. The van der Waals surface area contributed by atoms with Crippen molar-refractivity contribution >= 4 is 17.4 Å². The summed E-state index contributed by atoms with van der Waals surface area (Å²) in [5, 5.41) is 6.26. The second kappa shape index (κ2) is 8.51. The molecular formula is C20H25N3O2. The van der Waals surface area contributed by atoms with Crippen molar-refractivity contribution in [2.45, 2.75) is 38.6 Å². The number of ether oxygens (including phenoxy) is 1. The zero-order valence-electron chi connectivity index (χ0n) is 14.6. The van der Waals surface area contributed by atoms with E-state index in [1.807, 2.05) is 36.4 Å². The first-order chi connectivity index (χ1) is 12.3. The number of methoxy groups -OCH3 is 1. The van der Waals surface area contributed by atoms with Crippen LogP contribution in [0.4, 0.5) is 11.5 Å². The van der Waals surface area contributed by atoms with Gasteiger partial charge in [0.1, 0.15) is 11.6 Å². The zero-order valence-corrected chi connectivity index (χ0v) is 14.6. The number of aromatic nitrogens is 1. The number of rotatable bonds is 6. The van der Waals surface area contributed by atoms with Crippen LogP contribution in [0.5, 0.6) is 5.75 Å². The van der Waals surface area contributed by atoms with Gasteiger partial charge in [-0.15, -0.1) is 0 Å². The Labute approximate surface area is 148 Å². The van der Waals surface area contributed by atoms with Crippen LogP contribution in [0.15, 0.2) is 42.6 Å². The number of benzene rings is 1. The average Bonchev–Trinajstić information content (AvgIpc) is 2.68. The van der Waals surface area contributed by atoms with E-state index in [1.54, 1.807) is 13.3 Å². The molecule has 1 heterocycles. The van der Waals surface area contributed by atoms with Gasteiger partial charge in [-0.2, -0.15) is 0 Å². The molecule has 1 saturated carbocycles. The predicted molar refractivity (Wildman–Crippen MR) is 99.8 cm³/mol. The van der Waals surface area contributed by atoms with E-state index in [0.29, 0.717) is 6.54 Å². The molecule has 5 heteroatoms. The molecule has 0 atom stereocenters. The lowest BCUT2D eigenvalue weighted by atomic mass is 9.88. The lowest BCUT2D eigenvalue weighted by Gasteiger charge is -2.20. The summed E-state index contributed by atoms with van der Waals surface area (Å²) in [4.78, 5) is 16.6. The van der Waals surface area contributed by atoms with Gasteiger partial charge in [0.2, 0.25) is 5.91 Å². The first kappa shape index (κ1) is 17.3. The third-order valence-electron chi connectivity index (χ3n) is 4.66. The van der Waals surface area contributed by atoms with Crippen molar-refractivity contribution in [2.75, 3.05) is 17.7 Å². The van der Waals surface area contributed by atoms with Crippen molar-refractivity contribution in [2.24, 2.45) is 5.92 Å². The fourth-order valence-corrected chi connectivity index (χ4v) is 3.22. The van der Waals surface area contributed by atoms with Crippen molar-refractivity contribution < 1.29 is 9.53 Å². The number of carbonyl (C=O) groups is 1. The van der Waals surface area contributed by atoms with E-state index in [-0.39, 0.29) is 11.8 Å². The normalized spacial score (nSPS) is 14.8. The lowest BCUT2D eigenvalue weighted by molar-refractivity contribution is -0.120. The van der Waals surface area contributed by atoms with Gasteiger partial charge in [0, 0.05) is 18.0 Å². The molecule has 1 fully saturated rings. The van der Waals surface area contributed by atoms with Crippen LogP contribution in [-0.4, -0.2) is 18.0 Å². The Morgan fingerprint density at radius 1 is 1.16 bits per heavy atom. The smallest absolute Gasteiger partial charge is 0.227 e. The highest BCUT2D eigenvalue weighted by Gasteiger charge is 2.21. The summed E-state index contributed by atoms with van der Waals surface area (Å²) in [6.45, 7) is 0.630. The highest BCUT2D eigenvalue weighted by molar-refractivity contribution is 5.92. The highest BCUT2D eigenvalue weighted by Crippen LogP contribution is 2.25. The van der Waals surface area contributed by atoms with Crippen LogP contribution >= 0.6 is 0 Å². The number of amides is 1. The summed E-state index contributed by atoms with van der Waals surface area (Å²) in [7, 11) is 1.67. The van der Waals surface area contributed by atoms with Crippen LogP contribution < -0.4 is 15.4 Å². The molecule has 2 aromatic rings. The van der Waals surface area contributed by atoms with E-state index in [9.17, 15) is 4.79 Å². The Bertz CT molecular complexity index is 694. The minimum absolute atomic E-state index is 0.122. The third kappa shape index (κ3) is 4.72. The fraction of sp³-hybridized carbons (Fsp3) is 0.400. The minimum Gasteiger partial charge on any atom is -0.496 e. The quantitative estimate of drug-likeness (QED) is 0.827. The molecule has 0 bridgehead atoms. The molecule has 5 nitrogen and oxygen atoms in total. The predicted octanol–water partition coefficient (Wildman–Crippen LogP) is 4.22. The van der Waals surface area contributed by atoms with E-state index in [0.717, 1.165) is 48.5 Å². The van der Waals surface area contributed by atoms with Gasteiger partial charge >= 0.3 is 0 Å². The van der Waals surface area contributed by atoms with Gasteiger partial charge in [-0.05, 0) is 31.0 Å². The van der Waals surface area contributed by atoms with Gasteiger partial charge in [-0.3, -0.25) is 4.79 Å². The van der Waals surface area contributed by atoms with Crippen LogP contribution in [-0.2, 0) is 11.3 Å². The molecular weight excluding hydrogens is 314 g/mol. The van der Waals surface area contributed by atoms with E-state index in [1.165, 1.54) is 6.42 Å². The van der Waals surface area contributed by atoms with Crippen molar-refractivity contribution in [3.63, 3.8) is 0 Å². The Balaban J connectivity index is 1.54. The number of hydrogen-bond acceptors (Lipinski definition) is 4. The summed E-state index contributed by atoms with van der Waals surface area (Å²) in [5.74, 6) is 1.89. The topological polar surface area (TPSA) is 63.2 Å². The Kier molecular flexibility index (Phi) is 5.88. The van der Waals surface area contributed by atoms with E-state index in [4.69, 9.17) is 4.74 Å². The molecule has 0 saturated heterocycles. The van der Waals surface area contributed by atoms with E-state index < -0.39 is 0 Å². The zero-order chi connectivity index (χ0) is 17.5. The van der Waals surface area contributed by atoms with Gasteiger partial charge in [0.05, 0.1) is 19.0 Å². The molecule has 1 aromatic carbocycles. The van der Waals surface area contributed by atoms with Crippen molar-refractivity contribution in [3.05, 3.63) is 48.2 Å². The molecule has 0 aliphatic heterocycles. The number of para-hydroxylation sites is 1. The largest absolute Gasteiger partial charge is 0.496 e. The molecule has 1 aliphatic carbocycles. The molecule has 3 rings (SSSR count). The Hall–Kier alpha value is -2.56. The Morgan fingerprint density at radius 3 is 2.68 bits per heavy atom. The number of pyridine rings is 1.